The van der Waals surface area contributed by atoms with Crippen LogP contribution in [0.25, 0.3) is 0 Å². The van der Waals surface area contributed by atoms with Crippen LogP contribution in [0.5, 0.6) is 0 Å². The van der Waals surface area contributed by atoms with Crippen molar-refractivity contribution in [3.05, 3.63) is 0 Å². The van der Waals surface area contributed by atoms with E-state index in [2.05, 4.69) is 27.7 Å². The zero-order valence-corrected chi connectivity index (χ0v) is 11.0. The lowest BCUT2D eigenvalue weighted by atomic mass is 9.90. The summed E-state index contributed by atoms with van der Waals surface area (Å²) in [4.78, 5) is 0. The second-order valence-corrected chi connectivity index (χ2v) is 5.27. The van der Waals surface area contributed by atoms with Crippen LogP contribution in [0, 0.1) is 5.92 Å². The molecule has 1 saturated carbocycles. The summed E-state index contributed by atoms with van der Waals surface area (Å²) >= 11 is 6.10. The van der Waals surface area contributed by atoms with Crippen LogP contribution < -0.4 is 0 Å². The Hall–Kier alpha value is 0.210. The first-order valence-corrected chi connectivity index (χ1v) is 6.41. The van der Waals surface area contributed by atoms with E-state index >= 15 is 0 Å². The Bertz CT molecular complexity index is 184. The van der Waals surface area contributed by atoms with Crippen molar-refractivity contribution in [2.75, 3.05) is 6.61 Å². The number of halogens is 1. The Morgan fingerprint density at radius 3 is 2.47 bits per heavy atom. The van der Waals surface area contributed by atoms with E-state index in [-0.39, 0.29) is 23.7 Å². The van der Waals surface area contributed by atoms with Gasteiger partial charge in [-0.15, -0.1) is 11.6 Å². The minimum atomic E-state index is 0.104. The molecule has 0 aliphatic heterocycles. The minimum Gasteiger partial charge on any atom is -0.374 e. The lowest BCUT2D eigenvalue weighted by Crippen LogP contribution is -2.52. The number of alkyl halides is 1. The van der Waals surface area contributed by atoms with Crippen molar-refractivity contribution in [2.24, 2.45) is 5.92 Å². The Labute approximate surface area is 98.3 Å². The highest BCUT2D eigenvalue weighted by Gasteiger charge is 2.42. The molecule has 0 radical (unpaired) electrons. The van der Waals surface area contributed by atoms with Gasteiger partial charge in [-0.2, -0.15) is 0 Å². The second-order valence-electron chi connectivity index (χ2n) is 4.71. The number of rotatable bonds is 6. The van der Waals surface area contributed by atoms with E-state index in [0.29, 0.717) is 5.92 Å². The van der Waals surface area contributed by atoms with Crippen LogP contribution in [0.15, 0.2) is 0 Å². The summed E-state index contributed by atoms with van der Waals surface area (Å²) in [5.74, 6) is 0.547. The predicted octanol–water partition coefficient (Wildman–Crippen LogP) is 3.22. The molecule has 1 rings (SSSR count). The summed E-state index contributed by atoms with van der Waals surface area (Å²) in [7, 11) is 0. The van der Waals surface area contributed by atoms with Gasteiger partial charge in [-0.25, -0.2) is 0 Å². The van der Waals surface area contributed by atoms with E-state index in [0.717, 1.165) is 19.4 Å². The third-order valence-corrected chi connectivity index (χ3v) is 3.45. The first kappa shape index (κ1) is 13.3. The zero-order valence-electron chi connectivity index (χ0n) is 10.2. The summed E-state index contributed by atoms with van der Waals surface area (Å²) in [6, 6.07) is 0. The lowest BCUT2D eigenvalue weighted by Gasteiger charge is -2.42. The Balaban J connectivity index is 2.30. The summed E-state index contributed by atoms with van der Waals surface area (Å²) in [5, 5.41) is 0.140. The molecule has 0 saturated heterocycles. The van der Waals surface area contributed by atoms with E-state index in [4.69, 9.17) is 21.1 Å². The van der Waals surface area contributed by atoms with Crippen molar-refractivity contribution in [1.29, 1.82) is 0 Å². The van der Waals surface area contributed by atoms with E-state index < -0.39 is 0 Å². The highest BCUT2D eigenvalue weighted by Crippen LogP contribution is 2.33. The molecule has 0 bridgehead atoms. The van der Waals surface area contributed by atoms with Gasteiger partial charge in [-0.3, -0.25) is 0 Å². The molecule has 0 aromatic heterocycles. The number of hydrogen-bond acceptors (Lipinski definition) is 2. The van der Waals surface area contributed by atoms with Gasteiger partial charge in [0.2, 0.25) is 0 Å². The fourth-order valence-corrected chi connectivity index (χ4v) is 1.97. The van der Waals surface area contributed by atoms with E-state index in [9.17, 15) is 0 Å². The minimum absolute atomic E-state index is 0.104. The molecule has 1 fully saturated rings. The first-order valence-electron chi connectivity index (χ1n) is 5.97. The molecule has 4 atom stereocenters. The fraction of sp³-hybridized carbons (Fsp3) is 1.00. The van der Waals surface area contributed by atoms with Crippen molar-refractivity contribution in [1.82, 2.24) is 0 Å². The molecular weight excluding hydrogens is 212 g/mol. The molecule has 90 valence electrons. The zero-order chi connectivity index (χ0) is 11.4. The van der Waals surface area contributed by atoms with Gasteiger partial charge in [-0.1, -0.05) is 20.8 Å². The van der Waals surface area contributed by atoms with Gasteiger partial charge >= 0.3 is 0 Å². The van der Waals surface area contributed by atoms with Crippen LogP contribution in [0.3, 0.4) is 0 Å². The third kappa shape index (κ3) is 3.61. The SMILES string of the molecule is CCCOC1C(Cl)CC1OC(C)C(C)C. The maximum absolute atomic E-state index is 6.10. The molecule has 0 spiro atoms. The Morgan fingerprint density at radius 2 is 2.00 bits per heavy atom. The normalized spacial score (nSPS) is 32.8. The summed E-state index contributed by atoms with van der Waals surface area (Å²) in [6.45, 7) is 9.34. The molecular formula is C12H23ClO2. The molecule has 0 N–H and O–H groups in total. The average molecular weight is 235 g/mol. The molecule has 1 aliphatic rings. The van der Waals surface area contributed by atoms with Gasteiger partial charge in [0.1, 0.15) is 6.10 Å². The van der Waals surface area contributed by atoms with Crippen molar-refractivity contribution in [3.63, 3.8) is 0 Å². The molecule has 3 heteroatoms. The van der Waals surface area contributed by atoms with Crippen molar-refractivity contribution in [2.45, 2.75) is 64.2 Å². The Morgan fingerprint density at radius 1 is 1.33 bits per heavy atom. The molecule has 0 amide bonds. The largest absolute Gasteiger partial charge is 0.374 e. The summed E-state index contributed by atoms with van der Waals surface area (Å²) in [5.41, 5.74) is 0. The van der Waals surface area contributed by atoms with Crippen molar-refractivity contribution < 1.29 is 9.47 Å². The topological polar surface area (TPSA) is 18.5 Å². The van der Waals surface area contributed by atoms with Crippen molar-refractivity contribution in [3.8, 4) is 0 Å². The fourth-order valence-electron chi connectivity index (χ4n) is 1.56. The molecule has 1 aliphatic carbocycles. The van der Waals surface area contributed by atoms with Crippen LogP contribution >= 0.6 is 11.6 Å². The highest BCUT2D eigenvalue weighted by atomic mass is 35.5. The first-order chi connectivity index (χ1) is 7.06. The van der Waals surface area contributed by atoms with Gasteiger partial charge < -0.3 is 9.47 Å². The highest BCUT2D eigenvalue weighted by molar-refractivity contribution is 6.21. The summed E-state index contributed by atoms with van der Waals surface area (Å²) < 4.78 is 11.6. The quantitative estimate of drug-likeness (QED) is 0.657. The van der Waals surface area contributed by atoms with Crippen LogP contribution in [-0.2, 0) is 9.47 Å². The second kappa shape index (κ2) is 6.07. The Kier molecular flexibility index (Phi) is 5.37. The average Bonchev–Trinajstić information content (AvgIpc) is 2.17. The van der Waals surface area contributed by atoms with Crippen LogP contribution in [0.2, 0.25) is 0 Å². The van der Waals surface area contributed by atoms with E-state index in [1.807, 2.05) is 0 Å². The monoisotopic (exact) mass is 234 g/mol. The van der Waals surface area contributed by atoms with Gasteiger partial charge in [0.25, 0.3) is 0 Å². The lowest BCUT2D eigenvalue weighted by molar-refractivity contribution is -0.152. The van der Waals surface area contributed by atoms with Gasteiger partial charge in [-0.05, 0) is 25.7 Å². The predicted molar refractivity (Wildman–Crippen MR) is 63.5 cm³/mol. The van der Waals surface area contributed by atoms with Crippen molar-refractivity contribution >= 4 is 11.6 Å². The molecule has 0 heterocycles. The molecule has 2 nitrogen and oxygen atoms in total. The standard InChI is InChI=1S/C12H23ClO2/c1-5-6-14-12-10(13)7-11(12)15-9(4)8(2)3/h8-12H,5-7H2,1-4H3. The maximum atomic E-state index is 6.10. The molecule has 0 aromatic carbocycles. The van der Waals surface area contributed by atoms with Crippen LogP contribution in [0.1, 0.15) is 40.5 Å². The van der Waals surface area contributed by atoms with E-state index in [1.165, 1.54) is 0 Å². The molecule has 0 aromatic rings. The smallest absolute Gasteiger partial charge is 0.100 e. The molecule has 15 heavy (non-hydrogen) atoms. The number of ether oxygens (including phenoxy) is 2. The third-order valence-electron chi connectivity index (χ3n) is 3.02. The van der Waals surface area contributed by atoms with Gasteiger partial charge in [0, 0.05) is 6.61 Å². The number of hydrogen-bond donors (Lipinski definition) is 0. The maximum Gasteiger partial charge on any atom is 0.100 e. The van der Waals surface area contributed by atoms with Crippen LogP contribution in [0.4, 0.5) is 0 Å². The molecule has 4 unspecified atom stereocenters. The van der Waals surface area contributed by atoms with Gasteiger partial charge in [0.05, 0.1) is 17.6 Å². The van der Waals surface area contributed by atoms with Crippen LogP contribution in [-0.4, -0.2) is 30.3 Å². The summed E-state index contributed by atoms with van der Waals surface area (Å²) in [6.07, 6.45) is 2.55. The van der Waals surface area contributed by atoms with E-state index in [1.54, 1.807) is 0 Å². The van der Waals surface area contributed by atoms with Gasteiger partial charge in [0.15, 0.2) is 0 Å².